The van der Waals surface area contributed by atoms with Crippen molar-refractivity contribution in [3.05, 3.63) is 0 Å². The normalized spacial score (nSPS) is 46.4. The lowest BCUT2D eigenvalue weighted by molar-refractivity contribution is -0.287. The van der Waals surface area contributed by atoms with Crippen LogP contribution in [-0.4, -0.2) is 55.1 Å². The molecule has 0 amide bonds. The van der Waals surface area contributed by atoms with Gasteiger partial charge < -0.3 is 24.4 Å². The summed E-state index contributed by atoms with van der Waals surface area (Å²) in [4.78, 5) is 0. The van der Waals surface area contributed by atoms with Crippen LogP contribution in [0.25, 0.3) is 0 Å². The first-order valence-corrected chi connectivity index (χ1v) is 4.19. The van der Waals surface area contributed by atoms with Gasteiger partial charge in [0.1, 0.15) is 18.3 Å². The Morgan fingerprint density at radius 1 is 1.08 bits per heavy atom. The van der Waals surface area contributed by atoms with Crippen molar-refractivity contribution in [1.29, 1.82) is 0 Å². The van der Waals surface area contributed by atoms with Crippen LogP contribution in [0.2, 0.25) is 0 Å². The summed E-state index contributed by atoms with van der Waals surface area (Å²) >= 11 is 0. The van der Waals surface area contributed by atoms with Crippen molar-refractivity contribution in [3.63, 3.8) is 0 Å². The van der Waals surface area contributed by atoms with Crippen LogP contribution in [0.5, 0.6) is 0 Å². The number of methoxy groups -OCH3 is 2. The van der Waals surface area contributed by atoms with E-state index in [9.17, 15) is 10.2 Å². The van der Waals surface area contributed by atoms with E-state index in [1.807, 2.05) is 0 Å². The Morgan fingerprint density at radius 2 is 1.62 bits per heavy atom. The third kappa shape index (κ3) is 2.00. The van der Waals surface area contributed by atoms with Gasteiger partial charge in [-0.1, -0.05) is 0 Å². The van der Waals surface area contributed by atoms with Crippen LogP contribution in [0, 0.1) is 0 Å². The Kier molecular flexibility index (Phi) is 3.63. The highest BCUT2D eigenvalue weighted by molar-refractivity contribution is 4.88. The van der Waals surface area contributed by atoms with E-state index in [2.05, 4.69) is 0 Å². The van der Waals surface area contributed by atoms with Gasteiger partial charge in [0.05, 0.1) is 6.10 Å². The summed E-state index contributed by atoms with van der Waals surface area (Å²) in [6.07, 6.45) is -3.47. The first-order valence-electron chi connectivity index (χ1n) is 4.19. The summed E-state index contributed by atoms with van der Waals surface area (Å²) in [7, 11) is 2.90. The molecule has 5 atom stereocenters. The van der Waals surface area contributed by atoms with E-state index in [0.717, 1.165) is 0 Å². The number of aliphatic hydroxyl groups is 2. The van der Waals surface area contributed by atoms with Gasteiger partial charge in [0.15, 0.2) is 6.29 Å². The minimum Gasteiger partial charge on any atom is -0.388 e. The third-order valence-corrected chi connectivity index (χ3v) is 2.32. The summed E-state index contributed by atoms with van der Waals surface area (Å²) in [5.74, 6) is 0. The van der Waals surface area contributed by atoms with E-state index in [-0.39, 0.29) is 0 Å². The van der Waals surface area contributed by atoms with Crippen molar-refractivity contribution >= 4 is 0 Å². The molecule has 1 saturated heterocycles. The highest BCUT2D eigenvalue weighted by atomic mass is 16.7. The van der Waals surface area contributed by atoms with Crippen LogP contribution in [0.15, 0.2) is 0 Å². The first kappa shape index (κ1) is 10.9. The monoisotopic (exact) mass is 192 g/mol. The van der Waals surface area contributed by atoms with E-state index in [0.29, 0.717) is 0 Å². The zero-order chi connectivity index (χ0) is 10.0. The third-order valence-electron chi connectivity index (χ3n) is 2.32. The van der Waals surface area contributed by atoms with Crippen molar-refractivity contribution in [2.75, 3.05) is 14.2 Å². The molecule has 1 heterocycles. The van der Waals surface area contributed by atoms with Crippen LogP contribution in [0.4, 0.5) is 0 Å². The zero-order valence-corrected chi connectivity index (χ0v) is 8.01. The molecule has 0 saturated carbocycles. The average Bonchev–Trinajstić information content (AvgIpc) is 2.10. The molecule has 13 heavy (non-hydrogen) atoms. The van der Waals surface area contributed by atoms with Gasteiger partial charge >= 0.3 is 0 Å². The van der Waals surface area contributed by atoms with E-state index in [1.54, 1.807) is 6.92 Å². The Balaban J connectivity index is 2.71. The van der Waals surface area contributed by atoms with Crippen LogP contribution >= 0.6 is 0 Å². The highest BCUT2D eigenvalue weighted by Crippen LogP contribution is 2.23. The fraction of sp³-hybridized carbons (Fsp3) is 1.00. The maximum atomic E-state index is 9.62. The molecule has 1 fully saturated rings. The van der Waals surface area contributed by atoms with Crippen molar-refractivity contribution in [3.8, 4) is 0 Å². The second-order valence-electron chi connectivity index (χ2n) is 3.12. The lowest BCUT2D eigenvalue weighted by Crippen LogP contribution is -2.57. The minimum absolute atomic E-state index is 0.452. The Morgan fingerprint density at radius 3 is 2.08 bits per heavy atom. The fourth-order valence-electron chi connectivity index (χ4n) is 1.53. The van der Waals surface area contributed by atoms with Crippen LogP contribution in [0.1, 0.15) is 6.92 Å². The van der Waals surface area contributed by atoms with E-state index >= 15 is 0 Å². The van der Waals surface area contributed by atoms with Gasteiger partial charge in [0.2, 0.25) is 0 Å². The van der Waals surface area contributed by atoms with Gasteiger partial charge in [-0.3, -0.25) is 0 Å². The minimum atomic E-state index is -1.05. The lowest BCUT2D eigenvalue weighted by atomic mass is 10.00. The predicted molar refractivity (Wildman–Crippen MR) is 44.2 cm³/mol. The zero-order valence-electron chi connectivity index (χ0n) is 8.01. The summed E-state index contributed by atoms with van der Waals surface area (Å²) in [5, 5.41) is 19.0. The van der Waals surface area contributed by atoms with E-state index < -0.39 is 30.7 Å². The molecule has 1 aliphatic rings. The number of aliphatic hydroxyl groups excluding tert-OH is 2. The molecule has 1 aliphatic heterocycles. The van der Waals surface area contributed by atoms with Crippen LogP contribution < -0.4 is 0 Å². The van der Waals surface area contributed by atoms with Crippen LogP contribution in [0.3, 0.4) is 0 Å². The van der Waals surface area contributed by atoms with Crippen LogP contribution in [-0.2, 0) is 14.2 Å². The van der Waals surface area contributed by atoms with Gasteiger partial charge in [-0.05, 0) is 6.92 Å². The second-order valence-corrected chi connectivity index (χ2v) is 3.12. The molecular formula is C8H16O5. The standard InChI is InChI=1S/C8H16O5/c1-4-5(9)6(11-2)7(12-3)8(10)13-4/h4-10H,1-3H3/t4-,5?,6+,7+,8+/m0/s1. The van der Waals surface area contributed by atoms with Gasteiger partial charge in [0.25, 0.3) is 0 Å². The molecule has 0 aliphatic carbocycles. The molecule has 0 aromatic heterocycles. The molecule has 5 heteroatoms. The molecule has 0 bridgehead atoms. The maximum absolute atomic E-state index is 9.62. The fourth-order valence-corrected chi connectivity index (χ4v) is 1.53. The SMILES string of the molecule is CO[C@H]1[C@H](O)O[C@@H](C)C(O)[C@H]1OC. The topological polar surface area (TPSA) is 68.2 Å². The number of hydrogen-bond donors (Lipinski definition) is 2. The smallest absolute Gasteiger partial charge is 0.184 e. The number of ether oxygens (including phenoxy) is 3. The Hall–Kier alpha value is -0.200. The van der Waals surface area contributed by atoms with Gasteiger partial charge in [0, 0.05) is 14.2 Å². The molecule has 0 aromatic carbocycles. The van der Waals surface area contributed by atoms with E-state index in [1.165, 1.54) is 14.2 Å². The van der Waals surface area contributed by atoms with Gasteiger partial charge in [-0.15, -0.1) is 0 Å². The summed E-state index contributed by atoms with van der Waals surface area (Å²) in [5.41, 5.74) is 0. The Labute approximate surface area is 77.2 Å². The molecule has 0 radical (unpaired) electrons. The van der Waals surface area contributed by atoms with Gasteiger partial charge in [-0.25, -0.2) is 0 Å². The van der Waals surface area contributed by atoms with E-state index in [4.69, 9.17) is 14.2 Å². The first-order chi connectivity index (χ1) is 6.11. The lowest BCUT2D eigenvalue weighted by Gasteiger charge is -2.40. The Bertz CT molecular complexity index is 163. The predicted octanol–water partition coefficient (Wildman–Crippen LogP) is -0.886. The quantitative estimate of drug-likeness (QED) is 0.594. The van der Waals surface area contributed by atoms with Crippen molar-refractivity contribution < 1.29 is 24.4 Å². The molecule has 0 aromatic rings. The number of rotatable bonds is 2. The van der Waals surface area contributed by atoms with Crippen molar-refractivity contribution in [2.24, 2.45) is 0 Å². The maximum Gasteiger partial charge on any atom is 0.184 e. The largest absolute Gasteiger partial charge is 0.388 e. The molecule has 1 rings (SSSR count). The molecule has 0 spiro atoms. The van der Waals surface area contributed by atoms with Crippen molar-refractivity contribution in [1.82, 2.24) is 0 Å². The molecule has 78 valence electrons. The average molecular weight is 192 g/mol. The van der Waals surface area contributed by atoms with Gasteiger partial charge in [-0.2, -0.15) is 0 Å². The summed E-state index contributed by atoms with van der Waals surface area (Å²) in [6, 6.07) is 0. The second kappa shape index (κ2) is 4.34. The number of hydrogen-bond acceptors (Lipinski definition) is 5. The summed E-state index contributed by atoms with van der Waals surface area (Å²) in [6.45, 7) is 1.67. The molecule has 1 unspecified atom stereocenters. The molecular weight excluding hydrogens is 176 g/mol. The highest BCUT2D eigenvalue weighted by Gasteiger charge is 2.43. The summed E-state index contributed by atoms with van der Waals surface area (Å²) < 4.78 is 15.0. The molecule has 5 nitrogen and oxygen atoms in total. The molecule has 2 N–H and O–H groups in total. The van der Waals surface area contributed by atoms with Crippen molar-refractivity contribution in [2.45, 2.75) is 37.6 Å².